The highest BCUT2D eigenvalue weighted by atomic mass is 16.5. The predicted octanol–water partition coefficient (Wildman–Crippen LogP) is 1.33. The molecule has 1 atom stereocenters. The number of rotatable bonds is 3. The number of amides is 1. The van der Waals surface area contributed by atoms with Crippen molar-refractivity contribution in [2.24, 2.45) is 0 Å². The highest BCUT2D eigenvalue weighted by molar-refractivity contribution is 5.94. The van der Waals surface area contributed by atoms with Gasteiger partial charge in [0.05, 0.1) is 13.2 Å². The topological polar surface area (TPSA) is 96.0 Å². The van der Waals surface area contributed by atoms with Gasteiger partial charge in [0, 0.05) is 37.2 Å². The Hall–Kier alpha value is -2.48. The van der Waals surface area contributed by atoms with Crippen LogP contribution in [0.1, 0.15) is 46.4 Å². The fourth-order valence-electron chi connectivity index (χ4n) is 3.58. The smallest absolute Gasteiger partial charge is 0.274 e. The monoisotopic (exact) mass is 342 g/mol. The molecule has 0 spiro atoms. The number of fused-ring (bicyclic) bond motifs is 1. The van der Waals surface area contributed by atoms with Crippen LogP contribution in [0, 0.1) is 0 Å². The van der Waals surface area contributed by atoms with Crippen LogP contribution in [-0.4, -0.2) is 57.7 Å². The average molecular weight is 342 g/mol. The Balaban J connectivity index is 1.55. The van der Waals surface area contributed by atoms with Crippen LogP contribution in [0.2, 0.25) is 0 Å². The van der Waals surface area contributed by atoms with E-state index >= 15 is 0 Å². The van der Waals surface area contributed by atoms with Crippen LogP contribution < -0.4 is 5.32 Å². The van der Waals surface area contributed by atoms with E-state index in [0.29, 0.717) is 31.2 Å². The molecule has 1 amide bonds. The molecule has 2 N–H and O–H groups in total. The van der Waals surface area contributed by atoms with Crippen molar-refractivity contribution in [3.8, 4) is 0 Å². The second kappa shape index (κ2) is 6.79. The van der Waals surface area contributed by atoms with E-state index in [1.807, 2.05) is 4.90 Å². The number of carbonyl (C=O) groups excluding carboxylic acids is 1. The first-order valence-electron chi connectivity index (χ1n) is 8.73. The molecule has 0 saturated carbocycles. The van der Waals surface area contributed by atoms with Crippen molar-refractivity contribution in [1.29, 1.82) is 0 Å². The largest absolute Gasteiger partial charge is 0.372 e. The van der Waals surface area contributed by atoms with Crippen molar-refractivity contribution < 1.29 is 9.53 Å². The van der Waals surface area contributed by atoms with Gasteiger partial charge in [0.25, 0.3) is 5.91 Å². The fourth-order valence-corrected chi connectivity index (χ4v) is 3.58. The average Bonchev–Trinajstić information content (AvgIpc) is 3.11. The quantitative estimate of drug-likeness (QED) is 0.874. The summed E-state index contributed by atoms with van der Waals surface area (Å²) < 4.78 is 5.85. The summed E-state index contributed by atoms with van der Waals surface area (Å²) >= 11 is 0. The van der Waals surface area contributed by atoms with Gasteiger partial charge in [0.15, 0.2) is 5.69 Å². The first-order valence-corrected chi connectivity index (χ1v) is 8.73. The number of H-pyrrole nitrogens is 1. The summed E-state index contributed by atoms with van der Waals surface area (Å²) in [6.07, 6.45) is 7.16. The SMILES string of the molecule is CNc1nccnc1C1CN(C(=O)c2n[nH]c3c2CCCC3)CCO1. The van der Waals surface area contributed by atoms with E-state index in [4.69, 9.17) is 4.74 Å². The Morgan fingerprint density at radius 2 is 2.16 bits per heavy atom. The zero-order chi connectivity index (χ0) is 17.2. The maximum atomic E-state index is 13.0. The summed E-state index contributed by atoms with van der Waals surface area (Å²) in [4.78, 5) is 23.5. The molecule has 25 heavy (non-hydrogen) atoms. The van der Waals surface area contributed by atoms with E-state index in [-0.39, 0.29) is 12.0 Å². The Labute approximate surface area is 146 Å². The van der Waals surface area contributed by atoms with E-state index in [2.05, 4.69) is 25.5 Å². The number of hydrogen-bond acceptors (Lipinski definition) is 6. The number of ether oxygens (including phenoxy) is 1. The van der Waals surface area contributed by atoms with Gasteiger partial charge in [-0.25, -0.2) is 4.98 Å². The Morgan fingerprint density at radius 1 is 1.32 bits per heavy atom. The van der Waals surface area contributed by atoms with Crippen LogP contribution in [0.15, 0.2) is 12.4 Å². The van der Waals surface area contributed by atoms with Gasteiger partial charge in [0.1, 0.15) is 17.6 Å². The zero-order valence-electron chi connectivity index (χ0n) is 14.3. The molecular formula is C17H22N6O2. The lowest BCUT2D eigenvalue weighted by atomic mass is 9.95. The number of anilines is 1. The lowest BCUT2D eigenvalue weighted by Gasteiger charge is -2.33. The molecule has 132 valence electrons. The molecule has 2 aromatic heterocycles. The van der Waals surface area contributed by atoms with E-state index in [9.17, 15) is 4.79 Å². The number of carbonyl (C=O) groups is 1. The summed E-state index contributed by atoms with van der Waals surface area (Å²) in [6, 6.07) is 0. The van der Waals surface area contributed by atoms with Crippen LogP contribution in [0.4, 0.5) is 5.82 Å². The van der Waals surface area contributed by atoms with E-state index in [1.54, 1.807) is 19.4 Å². The molecule has 1 unspecified atom stereocenters. The lowest BCUT2D eigenvalue weighted by molar-refractivity contribution is -0.0247. The summed E-state index contributed by atoms with van der Waals surface area (Å²) in [6.45, 7) is 1.49. The van der Waals surface area contributed by atoms with Gasteiger partial charge in [-0.1, -0.05) is 0 Å². The molecule has 8 heteroatoms. The number of aromatic amines is 1. The third-order valence-corrected chi connectivity index (χ3v) is 4.88. The van der Waals surface area contributed by atoms with Crippen molar-refractivity contribution in [3.63, 3.8) is 0 Å². The molecule has 3 heterocycles. The highest BCUT2D eigenvalue weighted by Crippen LogP contribution is 2.27. The van der Waals surface area contributed by atoms with Gasteiger partial charge in [-0.3, -0.25) is 14.9 Å². The van der Waals surface area contributed by atoms with Gasteiger partial charge in [-0.15, -0.1) is 0 Å². The van der Waals surface area contributed by atoms with Crippen molar-refractivity contribution >= 4 is 11.7 Å². The van der Waals surface area contributed by atoms with Crippen LogP contribution in [-0.2, 0) is 17.6 Å². The molecule has 1 fully saturated rings. The molecule has 0 bridgehead atoms. The van der Waals surface area contributed by atoms with Gasteiger partial charge >= 0.3 is 0 Å². The molecule has 2 aromatic rings. The van der Waals surface area contributed by atoms with E-state index in [0.717, 1.165) is 42.6 Å². The van der Waals surface area contributed by atoms with Crippen LogP contribution in [0.5, 0.6) is 0 Å². The number of aryl methyl sites for hydroxylation is 1. The molecule has 1 saturated heterocycles. The zero-order valence-corrected chi connectivity index (χ0v) is 14.3. The van der Waals surface area contributed by atoms with Crippen molar-refractivity contribution in [2.75, 3.05) is 32.1 Å². The third-order valence-electron chi connectivity index (χ3n) is 4.88. The molecule has 4 rings (SSSR count). The van der Waals surface area contributed by atoms with Gasteiger partial charge in [-0.2, -0.15) is 5.10 Å². The first kappa shape index (κ1) is 16.0. The minimum atomic E-state index is -0.288. The standard InChI is InChI=1S/C17H22N6O2/c1-18-16-15(19-6-7-20-16)13-10-23(8-9-25-13)17(24)14-11-4-2-3-5-12(11)21-22-14/h6-7,13H,2-5,8-10H2,1H3,(H,18,20)(H,21,22). The molecule has 8 nitrogen and oxygen atoms in total. The maximum absolute atomic E-state index is 13.0. The third kappa shape index (κ3) is 2.97. The molecule has 0 radical (unpaired) electrons. The van der Waals surface area contributed by atoms with Crippen molar-refractivity contribution in [1.82, 2.24) is 25.1 Å². The van der Waals surface area contributed by atoms with E-state index < -0.39 is 0 Å². The lowest BCUT2D eigenvalue weighted by Crippen LogP contribution is -2.43. The molecule has 1 aliphatic carbocycles. The molecule has 0 aromatic carbocycles. The van der Waals surface area contributed by atoms with Crippen molar-refractivity contribution in [3.05, 3.63) is 35.0 Å². The van der Waals surface area contributed by atoms with Gasteiger partial charge in [0.2, 0.25) is 0 Å². The number of nitrogens with zero attached hydrogens (tertiary/aromatic N) is 4. The molecule has 2 aliphatic rings. The molecule has 1 aliphatic heterocycles. The number of nitrogens with one attached hydrogen (secondary N) is 2. The van der Waals surface area contributed by atoms with Gasteiger partial charge in [-0.05, 0) is 25.7 Å². The Bertz CT molecular complexity index is 774. The number of aromatic nitrogens is 4. The van der Waals surface area contributed by atoms with Crippen molar-refractivity contribution in [2.45, 2.75) is 31.8 Å². The summed E-state index contributed by atoms with van der Waals surface area (Å²) in [5, 5.41) is 10.4. The maximum Gasteiger partial charge on any atom is 0.274 e. The minimum Gasteiger partial charge on any atom is -0.372 e. The fraction of sp³-hybridized carbons (Fsp3) is 0.529. The molecular weight excluding hydrogens is 320 g/mol. The Kier molecular flexibility index (Phi) is 4.35. The van der Waals surface area contributed by atoms with Crippen LogP contribution in [0.3, 0.4) is 0 Å². The first-order chi connectivity index (χ1) is 12.3. The number of hydrogen-bond donors (Lipinski definition) is 2. The normalized spacial score (nSPS) is 20.2. The predicted molar refractivity (Wildman–Crippen MR) is 91.4 cm³/mol. The highest BCUT2D eigenvalue weighted by Gasteiger charge is 2.31. The second-order valence-electron chi connectivity index (χ2n) is 6.39. The second-order valence-corrected chi connectivity index (χ2v) is 6.39. The summed E-state index contributed by atoms with van der Waals surface area (Å²) in [5.41, 5.74) is 3.51. The summed E-state index contributed by atoms with van der Waals surface area (Å²) in [7, 11) is 1.80. The van der Waals surface area contributed by atoms with Crippen LogP contribution >= 0.6 is 0 Å². The van der Waals surface area contributed by atoms with Gasteiger partial charge < -0.3 is 15.0 Å². The Morgan fingerprint density at radius 3 is 3.04 bits per heavy atom. The minimum absolute atomic E-state index is 0.0254. The van der Waals surface area contributed by atoms with Crippen LogP contribution in [0.25, 0.3) is 0 Å². The number of morpholine rings is 1. The van der Waals surface area contributed by atoms with E-state index in [1.165, 1.54) is 0 Å². The summed E-state index contributed by atoms with van der Waals surface area (Å²) in [5.74, 6) is 0.654.